The summed E-state index contributed by atoms with van der Waals surface area (Å²) in [5, 5.41) is 5.32. The number of hydrogen-bond acceptors (Lipinski definition) is 2. The van der Waals surface area contributed by atoms with Gasteiger partial charge in [-0.05, 0) is 18.2 Å². The van der Waals surface area contributed by atoms with Crippen LogP contribution < -0.4 is 10.6 Å². The van der Waals surface area contributed by atoms with Crippen LogP contribution in [0.25, 0.3) is 0 Å². The number of carbonyl (C=O) groups excluding carboxylic acids is 2. The molecule has 0 fully saturated rings. The van der Waals surface area contributed by atoms with Gasteiger partial charge in [-0.15, -0.1) is 0 Å². The molecule has 14 heavy (non-hydrogen) atoms. The van der Waals surface area contributed by atoms with Gasteiger partial charge in [0.2, 0.25) is 6.41 Å². The molecule has 0 unspecified atom stereocenters. The van der Waals surface area contributed by atoms with Crippen molar-refractivity contribution >= 4 is 29.6 Å². The van der Waals surface area contributed by atoms with Crippen LogP contribution in [-0.2, 0) is 4.79 Å². The van der Waals surface area contributed by atoms with Crippen molar-refractivity contribution in [2.24, 2.45) is 0 Å². The van der Waals surface area contributed by atoms with E-state index < -0.39 is 0 Å². The molecule has 0 spiro atoms. The highest BCUT2D eigenvalue weighted by Gasteiger charge is 2.09. The van der Waals surface area contributed by atoms with Gasteiger partial charge in [0.1, 0.15) is 0 Å². The summed E-state index contributed by atoms with van der Waals surface area (Å²) in [5.41, 5.74) is 0.774. The SMILES string of the molecule is CNC(=O)c1cc(Cl)ccc1NC=O. The fraction of sp³-hybridized carbons (Fsp3) is 0.111. The second-order valence-corrected chi connectivity index (χ2v) is 2.97. The van der Waals surface area contributed by atoms with E-state index in [0.717, 1.165) is 0 Å². The van der Waals surface area contributed by atoms with Crippen LogP contribution in [0.5, 0.6) is 0 Å². The van der Waals surface area contributed by atoms with Gasteiger partial charge in [-0.1, -0.05) is 11.6 Å². The molecule has 0 saturated heterocycles. The van der Waals surface area contributed by atoms with E-state index in [4.69, 9.17) is 11.6 Å². The predicted molar refractivity (Wildman–Crippen MR) is 54.5 cm³/mol. The molecule has 0 aliphatic carbocycles. The Morgan fingerprint density at radius 2 is 2.21 bits per heavy atom. The fourth-order valence-corrected chi connectivity index (χ4v) is 1.20. The summed E-state index contributed by atoms with van der Waals surface area (Å²) in [5.74, 6) is -0.295. The number of halogens is 1. The van der Waals surface area contributed by atoms with Gasteiger partial charge in [0.15, 0.2) is 0 Å². The van der Waals surface area contributed by atoms with Crippen LogP contribution in [0.2, 0.25) is 5.02 Å². The minimum Gasteiger partial charge on any atom is -0.355 e. The Kier molecular flexibility index (Phi) is 3.48. The topological polar surface area (TPSA) is 58.2 Å². The minimum atomic E-state index is -0.295. The van der Waals surface area contributed by atoms with E-state index in [2.05, 4.69) is 10.6 Å². The summed E-state index contributed by atoms with van der Waals surface area (Å²) in [7, 11) is 1.51. The van der Waals surface area contributed by atoms with E-state index >= 15 is 0 Å². The summed E-state index contributed by atoms with van der Waals surface area (Å²) in [6.07, 6.45) is 0.510. The minimum absolute atomic E-state index is 0.295. The zero-order valence-corrected chi connectivity index (χ0v) is 8.26. The Morgan fingerprint density at radius 1 is 1.50 bits per heavy atom. The molecule has 0 radical (unpaired) electrons. The predicted octanol–water partition coefficient (Wildman–Crippen LogP) is 1.27. The second kappa shape index (κ2) is 4.62. The maximum absolute atomic E-state index is 11.3. The Morgan fingerprint density at radius 3 is 2.79 bits per heavy atom. The second-order valence-electron chi connectivity index (χ2n) is 2.53. The number of hydrogen-bond donors (Lipinski definition) is 2. The van der Waals surface area contributed by atoms with Crippen LogP contribution in [0.4, 0.5) is 5.69 Å². The first-order valence-corrected chi connectivity index (χ1v) is 4.28. The van der Waals surface area contributed by atoms with Gasteiger partial charge in [0, 0.05) is 12.1 Å². The third kappa shape index (κ3) is 2.23. The molecular formula is C9H9ClN2O2. The molecule has 2 amide bonds. The quantitative estimate of drug-likeness (QED) is 0.742. The molecule has 0 aliphatic rings. The Bertz CT molecular complexity index is 366. The summed E-state index contributed by atoms with van der Waals surface area (Å²) < 4.78 is 0. The van der Waals surface area contributed by atoms with Crippen molar-refractivity contribution in [2.45, 2.75) is 0 Å². The van der Waals surface area contributed by atoms with Crippen molar-refractivity contribution in [1.29, 1.82) is 0 Å². The van der Waals surface area contributed by atoms with Crippen molar-refractivity contribution in [2.75, 3.05) is 12.4 Å². The van der Waals surface area contributed by atoms with E-state index in [1.165, 1.54) is 13.1 Å². The molecule has 74 valence electrons. The maximum atomic E-state index is 11.3. The number of nitrogens with one attached hydrogen (secondary N) is 2. The van der Waals surface area contributed by atoms with Crippen LogP contribution in [0, 0.1) is 0 Å². The van der Waals surface area contributed by atoms with Crippen molar-refractivity contribution in [3.8, 4) is 0 Å². The highest BCUT2D eigenvalue weighted by atomic mass is 35.5. The lowest BCUT2D eigenvalue weighted by molar-refractivity contribution is -0.105. The zero-order chi connectivity index (χ0) is 10.6. The van der Waals surface area contributed by atoms with E-state index in [-0.39, 0.29) is 5.91 Å². The van der Waals surface area contributed by atoms with Crippen molar-refractivity contribution < 1.29 is 9.59 Å². The molecule has 0 saturated carbocycles. The standard InChI is InChI=1S/C9H9ClN2O2/c1-11-9(14)7-4-6(10)2-3-8(7)12-5-13/h2-5H,1H3,(H,11,14)(H,12,13). The summed E-state index contributed by atoms with van der Waals surface area (Å²) >= 11 is 5.72. The Labute approximate surface area is 86.3 Å². The van der Waals surface area contributed by atoms with Gasteiger partial charge in [-0.2, -0.15) is 0 Å². The normalized spacial score (nSPS) is 9.29. The number of carbonyl (C=O) groups is 2. The van der Waals surface area contributed by atoms with E-state index in [1.54, 1.807) is 12.1 Å². The lowest BCUT2D eigenvalue weighted by Gasteiger charge is -2.06. The van der Waals surface area contributed by atoms with Crippen LogP contribution in [0.1, 0.15) is 10.4 Å². The lowest BCUT2D eigenvalue weighted by atomic mass is 10.1. The molecule has 0 aliphatic heterocycles. The average Bonchev–Trinajstić information content (AvgIpc) is 2.20. The van der Waals surface area contributed by atoms with E-state index in [1.807, 2.05) is 0 Å². The van der Waals surface area contributed by atoms with Gasteiger partial charge < -0.3 is 10.6 Å². The summed E-state index contributed by atoms with van der Waals surface area (Å²) in [6.45, 7) is 0. The van der Waals surface area contributed by atoms with Crippen molar-refractivity contribution in [3.63, 3.8) is 0 Å². The molecule has 5 heteroatoms. The van der Waals surface area contributed by atoms with Gasteiger partial charge in [-0.3, -0.25) is 9.59 Å². The van der Waals surface area contributed by atoms with E-state index in [0.29, 0.717) is 22.7 Å². The number of anilines is 1. The highest BCUT2D eigenvalue weighted by Crippen LogP contribution is 2.19. The highest BCUT2D eigenvalue weighted by molar-refractivity contribution is 6.31. The first kappa shape index (κ1) is 10.5. The fourth-order valence-electron chi connectivity index (χ4n) is 1.03. The number of rotatable bonds is 3. The molecule has 1 aromatic rings. The zero-order valence-electron chi connectivity index (χ0n) is 7.50. The van der Waals surface area contributed by atoms with Crippen molar-refractivity contribution in [1.82, 2.24) is 5.32 Å². The smallest absolute Gasteiger partial charge is 0.253 e. The number of benzene rings is 1. The number of amides is 2. The molecule has 0 atom stereocenters. The first-order chi connectivity index (χ1) is 6.69. The molecule has 0 bridgehead atoms. The molecule has 1 aromatic carbocycles. The van der Waals surface area contributed by atoms with Gasteiger partial charge >= 0.3 is 0 Å². The third-order valence-corrected chi connectivity index (χ3v) is 1.90. The summed E-state index contributed by atoms with van der Waals surface area (Å²) in [4.78, 5) is 21.6. The average molecular weight is 213 g/mol. The van der Waals surface area contributed by atoms with Crippen LogP contribution >= 0.6 is 11.6 Å². The lowest BCUT2D eigenvalue weighted by Crippen LogP contribution is -2.19. The Balaban J connectivity index is 3.14. The molecule has 1 rings (SSSR count). The molecule has 0 heterocycles. The van der Waals surface area contributed by atoms with Crippen molar-refractivity contribution in [3.05, 3.63) is 28.8 Å². The maximum Gasteiger partial charge on any atom is 0.253 e. The third-order valence-electron chi connectivity index (χ3n) is 1.67. The molecule has 4 nitrogen and oxygen atoms in total. The summed E-state index contributed by atoms with van der Waals surface area (Å²) in [6, 6.07) is 4.66. The van der Waals surface area contributed by atoms with Gasteiger partial charge in [0.25, 0.3) is 5.91 Å². The van der Waals surface area contributed by atoms with Crippen LogP contribution in [-0.4, -0.2) is 19.4 Å². The molecule has 2 N–H and O–H groups in total. The van der Waals surface area contributed by atoms with Crippen LogP contribution in [0.3, 0.4) is 0 Å². The van der Waals surface area contributed by atoms with E-state index in [9.17, 15) is 9.59 Å². The van der Waals surface area contributed by atoms with Gasteiger partial charge in [-0.25, -0.2) is 0 Å². The Hall–Kier alpha value is -1.55. The largest absolute Gasteiger partial charge is 0.355 e. The molecule has 0 aromatic heterocycles. The monoisotopic (exact) mass is 212 g/mol. The molecular weight excluding hydrogens is 204 g/mol. The van der Waals surface area contributed by atoms with Gasteiger partial charge in [0.05, 0.1) is 11.3 Å². The first-order valence-electron chi connectivity index (χ1n) is 3.91. The van der Waals surface area contributed by atoms with Crippen LogP contribution in [0.15, 0.2) is 18.2 Å².